The van der Waals surface area contributed by atoms with E-state index in [4.69, 9.17) is 4.42 Å². The molecule has 22 heavy (non-hydrogen) atoms. The molecule has 0 aliphatic heterocycles. The Bertz CT molecular complexity index is 768. The molecule has 0 atom stereocenters. The molecule has 0 aliphatic rings. The number of carbonyl (C=O) groups is 1. The summed E-state index contributed by atoms with van der Waals surface area (Å²) in [5.74, 6) is 1.85. The van der Waals surface area contributed by atoms with Crippen LogP contribution in [0.4, 0.5) is 5.69 Å². The molecule has 0 fully saturated rings. The Kier molecular flexibility index (Phi) is 4.39. The fourth-order valence-electron chi connectivity index (χ4n) is 2.01. The Morgan fingerprint density at radius 3 is 3.05 bits per heavy atom. The number of pyridine rings is 1. The first kappa shape index (κ1) is 14.6. The maximum absolute atomic E-state index is 11.8. The Hall–Kier alpha value is -2.34. The van der Waals surface area contributed by atoms with E-state index in [0.717, 1.165) is 17.0 Å². The molecular formula is C16H15N3O2S. The Balaban J connectivity index is 1.82. The van der Waals surface area contributed by atoms with Crippen molar-refractivity contribution in [1.29, 1.82) is 0 Å². The van der Waals surface area contributed by atoms with Crippen molar-refractivity contribution in [2.75, 3.05) is 16.8 Å². The SMILES string of the molecule is CCSCC(=O)Nc1cccc(-c2nc3ncccc3o2)c1. The molecule has 1 aromatic carbocycles. The summed E-state index contributed by atoms with van der Waals surface area (Å²) in [6, 6.07) is 11.1. The van der Waals surface area contributed by atoms with Gasteiger partial charge in [-0.1, -0.05) is 13.0 Å². The maximum atomic E-state index is 11.8. The maximum Gasteiger partial charge on any atom is 0.234 e. The van der Waals surface area contributed by atoms with Gasteiger partial charge in [-0.3, -0.25) is 4.79 Å². The molecule has 6 heteroatoms. The van der Waals surface area contributed by atoms with Crippen LogP contribution < -0.4 is 5.32 Å². The second-order valence-corrected chi connectivity index (χ2v) is 5.88. The Morgan fingerprint density at radius 2 is 2.23 bits per heavy atom. The zero-order valence-corrected chi connectivity index (χ0v) is 12.9. The summed E-state index contributed by atoms with van der Waals surface area (Å²) < 4.78 is 5.69. The first-order valence-corrected chi connectivity index (χ1v) is 8.11. The second-order valence-electron chi connectivity index (χ2n) is 4.61. The van der Waals surface area contributed by atoms with E-state index in [1.54, 1.807) is 24.0 Å². The van der Waals surface area contributed by atoms with Crippen molar-refractivity contribution >= 4 is 34.6 Å². The highest BCUT2D eigenvalue weighted by Gasteiger charge is 2.10. The second kappa shape index (κ2) is 6.62. The van der Waals surface area contributed by atoms with Gasteiger partial charge in [-0.2, -0.15) is 16.7 Å². The number of benzene rings is 1. The summed E-state index contributed by atoms with van der Waals surface area (Å²) in [6.45, 7) is 2.03. The summed E-state index contributed by atoms with van der Waals surface area (Å²) in [5, 5.41) is 2.88. The van der Waals surface area contributed by atoms with Crippen molar-refractivity contribution in [1.82, 2.24) is 9.97 Å². The topological polar surface area (TPSA) is 68.0 Å². The van der Waals surface area contributed by atoms with Crippen LogP contribution in [0.5, 0.6) is 0 Å². The van der Waals surface area contributed by atoms with Crippen LogP contribution in [0.1, 0.15) is 6.92 Å². The zero-order chi connectivity index (χ0) is 15.4. The Labute approximate surface area is 132 Å². The number of aromatic nitrogens is 2. The van der Waals surface area contributed by atoms with Crippen molar-refractivity contribution in [2.45, 2.75) is 6.92 Å². The summed E-state index contributed by atoms with van der Waals surface area (Å²) in [4.78, 5) is 20.3. The van der Waals surface area contributed by atoms with Crippen LogP contribution in [0.25, 0.3) is 22.7 Å². The molecule has 112 valence electrons. The first-order valence-electron chi connectivity index (χ1n) is 6.96. The highest BCUT2D eigenvalue weighted by molar-refractivity contribution is 7.99. The van der Waals surface area contributed by atoms with Crippen molar-refractivity contribution in [2.24, 2.45) is 0 Å². The molecular weight excluding hydrogens is 298 g/mol. The number of amides is 1. The van der Waals surface area contributed by atoms with Crippen LogP contribution >= 0.6 is 11.8 Å². The Morgan fingerprint density at radius 1 is 1.32 bits per heavy atom. The molecule has 0 saturated carbocycles. The smallest absolute Gasteiger partial charge is 0.234 e. The average molecular weight is 313 g/mol. The van der Waals surface area contributed by atoms with Gasteiger partial charge in [0.15, 0.2) is 11.2 Å². The molecule has 5 nitrogen and oxygen atoms in total. The van der Waals surface area contributed by atoms with E-state index in [2.05, 4.69) is 15.3 Å². The number of hydrogen-bond acceptors (Lipinski definition) is 5. The fraction of sp³-hybridized carbons (Fsp3) is 0.188. The molecule has 1 amide bonds. The number of fused-ring (bicyclic) bond motifs is 1. The average Bonchev–Trinajstić information content (AvgIpc) is 2.97. The lowest BCUT2D eigenvalue weighted by atomic mass is 10.2. The van der Waals surface area contributed by atoms with Crippen LogP contribution in [0, 0.1) is 0 Å². The van der Waals surface area contributed by atoms with E-state index >= 15 is 0 Å². The minimum atomic E-state index is -0.0109. The molecule has 0 radical (unpaired) electrons. The standard InChI is InChI=1S/C16H15N3O2S/c1-2-22-10-14(20)18-12-6-3-5-11(9-12)16-19-15-13(21-16)7-4-8-17-15/h3-9H,2,10H2,1H3,(H,18,20). The highest BCUT2D eigenvalue weighted by atomic mass is 32.2. The lowest BCUT2D eigenvalue weighted by Gasteiger charge is -2.05. The van der Waals surface area contributed by atoms with Gasteiger partial charge in [-0.25, -0.2) is 4.98 Å². The summed E-state index contributed by atoms with van der Waals surface area (Å²) in [7, 11) is 0. The summed E-state index contributed by atoms with van der Waals surface area (Å²) in [5.41, 5.74) is 2.76. The van der Waals surface area contributed by atoms with Crippen LogP contribution in [0.15, 0.2) is 47.0 Å². The van der Waals surface area contributed by atoms with Crippen molar-refractivity contribution < 1.29 is 9.21 Å². The summed E-state index contributed by atoms with van der Waals surface area (Å²) in [6.07, 6.45) is 1.68. The minimum absolute atomic E-state index is 0.0109. The van der Waals surface area contributed by atoms with Gasteiger partial charge in [0.25, 0.3) is 0 Å². The molecule has 0 unspecified atom stereocenters. The highest BCUT2D eigenvalue weighted by Crippen LogP contribution is 2.25. The number of anilines is 1. The number of rotatable bonds is 5. The largest absolute Gasteiger partial charge is 0.434 e. The van der Waals surface area contributed by atoms with Crippen molar-refractivity contribution in [3.8, 4) is 11.5 Å². The van der Waals surface area contributed by atoms with Gasteiger partial charge < -0.3 is 9.73 Å². The predicted molar refractivity (Wildman–Crippen MR) is 88.9 cm³/mol. The minimum Gasteiger partial charge on any atom is -0.434 e. The number of nitrogens with zero attached hydrogens (tertiary/aromatic N) is 2. The molecule has 3 aromatic rings. The number of carbonyl (C=O) groups excluding carboxylic acids is 1. The third-order valence-electron chi connectivity index (χ3n) is 3.00. The number of thioether (sulfide) groups is 1. The summed E-state index contributed by atoms with van der Waals surface area (Å²) >= 11 is 1.59. The normalized spacial score (nSPS) is 10.8. The third kappa shape index (κ3) is 3.28. The lowest BCUT2D eigenvalue weighted by Crippen LogP contribution is -2.14. The van der Waals surface area contributed by atoms with E-state index < -0.39 is 0 Å². The van der Waals surface area contributed by atoms with Gasteiger partial charge in [0.2, 0.25) is 11.8 Å². The van der Waals surface area contributed by atoms with Gasteiger partial charge in [0.1, 0.15) is 0 Å². The van der Waals surface area contributed by atoms with Crippen LogP contribution in [0.3, 0.4) is 0 Å². The van der Waals surface area contributed by atoms with Gasteiger partial charge in [0.05, 0.1) is 5.75 Å². The molecule has 2 heterocycles. The third-order valence-corrected chi connectivity index (χ3v) is 3.87. The van der Waals surface area contributed by atoms with Gasteiger partial charge in [-0.15, -0.1) is 0 Å². The first-order chi connectivity index (χ1) is 10.8. The van der Waals surface area contributed by atoms with E-state index in [9.17, 15) is 4.79 Å². The quantitative estimate of drug-likeness (QED) is 0.779. The predicted octanol–water partition coefficient (Wildman–Crippen LogP) is 3.58. The van der Waals surface area contributed by atoms with Crippen LogP contribution in [-0.4, -0.2) is 27.4 Å². The van der Waals surface area contributed by atoms with E-state index in [1.165, 1.54) is 0 Å². The van der Waals surface area contributed by atoms with Crippen molar-refractivity contribution in [3.05, 3.63) is 42.6 Å². The van der Waals surface area contributed by atoms with Crippen LogP contribution in [-0.2, 0) is 4.79 Å². The molecule has 3 rings (SSSR count). The molecule has 0 spiro atoms. The molecule has 0 aliphatic carbocycles. The fourth-order valence-corrected chi connectivity index (χ4v) is 2.48. The van der Waals surface area contributed by atoms with Crippen LogP contribution in [0.2, 0.25) is 0 Å². The number of hydrogen-bond donors (Lipinski definition) is 1. The molecule has 0 bridgehead atoms. The van der Waals surface area contributed by atoms with Crippen molar-refractivity contribution in [3.63, 3.8) is 0 Å². The van der Waals surface area contributed by atoms with E-state index in [-0.39, 0.29) is 5.91 Å². The van der Waals surface area contributed by atoms with Gasteiger partial charge in [-0.05, 0) is 36.1 Å². The molecule has 1 N–H and O–H groups in total. The zero-order valence-electron chi connectivity index (χ0n) is 12.1. The molecule has 2 aromatic heterocycles. The molecule has 0 saturated heterocycles. The number of oxazole rings is 1. The van der Waals surface area contributed by atoms with E-state index in [0.29, 0.717) is 22.9 Å². The monoisotopic (exact) mass is 313 g/mol. The lowest BCUT2D eigenvalue weighted by molar-refractivity contribution is -0.113. The van der Waals surface area contributed by atoms with E-state index in [1.807, 2.05) is 37.3 Å². The number of nitrogens with one attached hydrogen (secondary N) is 1. The van der Waals surface area contributed by atoms with Gasteiger partial charge >= 0.3 is 0 Å². The van der Waals surface area contributed by atoms with Gasteiger partial charge in [0, 0.05) is 17.4 Å².